The number of carbonyl (C=O) groups is 2. The maximum atomic E-state index is 12.7. The smallest absolute Gasteiger partial charge is 0.330 e. The van der Waals surface area contributed by atoms with Crippen LogP contribution in [0.25, 0.3) is 0 Å². The highest BCUT2D eigenvalue weighted by Crippen LogP contribution is 2.45. The van der Waals surface area contributed by atoms with Gasteiger partial charge in [-0.2, -0.15) is 0 Å². The third-order valence-electron chi connectivity index (χ3n) is 17.1. The molecule has 4 aliphatic heterocycles. The van der Waals surface area contributed by atoms with E-state index in [-0.39, 0.29) is 63.2 Å². The molecule has 0 aromatic rings. The van der Waals surface area contributed by atoms with E-state index in [0.717, 1.165) is 12.2 Å². The predicted octanol–water partition coefficient (Wildman–Crippen LogP) is -6.60. The fraction of sp³-hybridized carbons (Fsp3) is 0.882. The Morgan fingerprint density at radius 1 is 0.449 bits per heavy atom. The van der Waals surface area contributed by atoms with Gasteiger partial charge in [0.15, 0.2) is 31.1 Å². The summed E-state index contributed by atoms with van der Waals surface area (Å²) in [7, 11) is 0. The summed E-state index contributed by atoms with van der Waals surface area (Å²) < 4.78 is 52.2. The molecule has 446 valence electrons. The van der Waals surface area contributed by atoms with Crippen molar-refractivity contribution in [1.82, 2.24) is 0 Å². The number of aliphatic hydroxyl groups excluding tert-OH is 16. The maximum Gasteiger partial charge on any atom is 0.330 e. The normalized spacial score (nSPS) is 49.5. The highest BCUT2D eigenvalue weighted by atomic mass is 16.7. The molecule has 78 heavy (non-hydrogen) atoms. The topological polar surface area (TPSA) is 444 Å². The first-order chi connectivity index (χ1) is 37.1. The van der Waals surface area contributed by atoms with Crippen molar-refractivity contribution in [3.05, 3.63) is 24.3 Å². The largest absolute Gasteiger partial charge is 0.460 e. The summed E-state index contributed by atoms with van der Waals surface area (Å²) in [5, 5.41) is 170. The van der Waals surface area contributed by atoms with Gasteiger partial charge in [0.1, 0.15) is 92.6 Å². The number of esters is 2. The lowest BCUT2D eigenvalue weighted by Gasteiger charge is -2.50. The number of ether oxygens (including phenoxy) is 9. The van der Waals surface area contributed by atoms with Gasteiger partial charge in [0, 0.05) is 30.9 Å². The van der Waals surface area contributed by atoms with Crippen molar-refractivity contribution in [3.63, 3.8) is 0 Å². The Bertz CT molecular complexity index is 1980. The quantitative estimate of drug-likeness (QED) is 0.0388. The Labute approximate surface area is 449 Å². The first-order valence-electron chi connectivity index (χ1n) is 27.2. The van der Waals surface area contributed by atoms with E-state index in [4.69, 9.17) is 42.6 Å². The van der Waals surface area contributed by atoms with E-state index in [1.54, 1.807) is 12.2 Å². The Morgan fingerprint density at radius 3 is 1.38 bits per heavy atom. The predicted molar refractivity (Wildman–Crippen MR) is 257 cm³/mol. The zero-order valence-corrected chi connectivity index (χ0v) is 42.9. The first-order valence-corrected chi connectivity index (χ1v) is 27.2. The molecule has 0 amide bonds. The molecule has 0 radical (unpaired) electrons. The highest BCUT2D eigenvalue weighted by Gasteiger charge is 2.57. The fourth-order valence-electron chi connectivity index (χ4n) is 12.3. The van der Waals surface area contributed by atoms with Gasteiger partial charge in [-0.1, -0.05) is 12.2 Å². The molecule has 27 nitrogen and oxygen atoms in total. The lowest BCUT2D eigenvalue weighted by molar-refractivity contribution is -0.368. The maximum absolute atomic E-state index is 12.7. The van der Waals surface area contributed by atoms with Crippen LogP contribution in [-0.2, 0) is 47.5 Å². The Kier molecular flexibility index (Phi) is 21.5. The number of hydrogen-bond acceptors (Lipinski definition) is 26. The van der Waals surface area contributed by atoms with Crippen LogP contribution in [0.4, 0.5) is 0 Å². The third-order valence-corrected chi connectivity index (χ3v) is 17.1. The highest BCUT2D eigenvalue weighted by molar-refractivity contribution is 5.82. The van der Waals surface area contributed by atoms with Crippen LogP contribution in [0.1, 0.15) is 77.0 Å². The van der Waals surface area contributed by atoms with Crippen LogP contribution in [0.5, 0.6) is 0 Å². The first kappa shape index (κ1) is 61.6. The van der Waals surface area contributed by atoms with Gasteiger partial charge < -0.3 is 124 Å². The second-order valence-corrected chi connectivity index (χ2v) is 22.5. The van der Waals surface area contributed by atoms with Crippen LogP contribution >= 0.6 is 0 Å². The standard InChI is InChI=1S/C51H80O27/c52-17-34-39(61)42(64)45(67)51(76-34)75-33-16-24-30(14-23(53)15-31(24)73-49-46(68)43(65)40(62)35(77-49)18-70-37(59)9-3-20-1-6-25(54)28(57)11-20)72-48(33)22-5-8-27(56)32(13-22)74-50-47(69)44(66)41(63)36(78-50)19-71-38(60)10-4-21-2-7-26(55)29(58)12-21/h3-4,9-10,20-36,39-58,61-69H,1-2,5-8,11-19H2/p+1. The lowest BCUT2D eigenvalue weighted by atomic mass is 9.72. The Balaban J connectivity index is 0.945. The zero-order chi connectivity index (χ0) is 56.3. The SMILES string of the molecule is O=C(C=CC1CCC(O)C(O)C1)OCC1OC(OC2CC(C3[OH+]C4CC(O)CC(OC5OC(COC(=O)C=CC6CCC(O)C(O)C6)C(O)C(O)C5O)C4CC3OC3OC(CO)C(O)C(O)C3O)CCC2O)C(O)C(O)C1O. The molecule has 27 heteroatoms. The summed E-state index contributed by atoms with van der Waals surface area (Å²) >= 11 is 0. The molecule has 0 spiro atoms. The molecule has 4 aliphatic carbocycles. The lowest BCUT2D eigenvalue weighted by Crippen LogP contribution is -2.64. The molecular weight excluding hydrogens is 1040 g/mol. The zero-order valence-electron chi connectivity index (χ0n) is 42.9. The van der Waals surface area contributed by atoms with E-state index in [2.05, 4.69) is 0 Å². The number of fused-ring (bicyclic) bond motifs is 1. The van der Waals surface area contributed by atoms with Crippen LogP contribution in [0.2, 0.25) is 0 Å². The molecule has 0 aromatic carbocycles. The van der Waals surface area contributed by atoms with E-state index < -0.39 is 203 Å². The van der Waals surface area contributed by atoms with Gasteiger partial charge in [0.2, 0.25) is 0 Å². The second kappa shape index (κ2) is 27.3. The average Bonchev–Trinajstić information content (AvgIpc) is 3.54. The minimum atomic E-state index is -1.85. The molecule has 8 rings (SSSR count). The van der Waals surface area contributed by atoms with Crippen molar-refractivity contribution in [3.8, 4) is 0 Å². The monoisotopic (exact) mass is 1130 g/mol. The molecule has 4 saturated heterocycles. The van der Waals surface area contributed by atoms with Crippen LogP contribution in [0, 0.1) is 23.7 Å². The molecule has 4 saturated carbocycles. The summed E-state index contributed by atoms with van der Waals surface area (Å²) in [6.07, 6.45) is -28.0. The number of allylic oxidation sites excluding steroid dienone is 2. The van der Waals surface area contributed by atoms with Gasteiger partial charge in [-0.3, -0.25) is 0 Å². The van der Waals surface area contributed by atoms with E-state index in [0.29, 0.717) is 25.7 Å². The van der Waals surface area contributed by atoms with Crippen molar-refractivity contribution in [2.45, 2.75) is 236 Å². The van der Waals surface area contributed by atoms with Gasteiger partial charge in [-0.25, -0.2) is 9.59 Å². The van der Waals surface area contributed by atoms with Gasteiger partial charge >= 0.3 is 11.9 Å². The van der Waals surface area contributed by atoms with Crippen molar-refractivity contribution >= 4 is 11.9 Å². The second-order valence-electron chi connectivity index (χ2n) is 22.5. The Morgan fingerprint density at radius 2 is 0.897 bits per heavy atom. The molecule has 8 aliphatic rings. The van der Waals surface area contributed by atoms with E-state index in [1.807, 2.05) is 0 Å². The molecule has 0 bridgehead atoms. The number of aliphatic hydroxyl groups is 18. The van der Waals surface area contributed by atoms with E-state index in [9.17, 15) is 91.3 Å². The van der Waals surface area contributed by atoms with Gasteiger partial charge in [-0.05, 0) is 76.0 Å². The minimum Gasteiger partial charge on any atom is -0.460 e. The fourth-order valence-corrected chi connectivity index (χ4v) is 12.3. The van der Waals surface area contributed by atoms with E-state index in [1.165, 1.54) is 0 Å². The van der Waals surface area contributed by atoms with Gasteiger partial charge in [0.25, 0.3) is 0 Å². The molecular formula is C51H81O27+. The summed E-state index contributed by atoms with van der Waals surface area (Å²) in [6, 6.07) is 0. The van der Waals surface area contributed by atoms with Crippen LogP contribution < -0.4 is 0 Å². The number of rotatable bonds is 16. The average molecular weight is 1130 g/mol. The molecule has 30 atom stereocenters. The molecule has 17 N–H and O–H groups in total. The molecule has 30 unspecified atom stereocenters. The van der Waals surface area contributed by atoms with Crippen molar-refractivity contribution < 1.29 is 134 Å². The summed E-state index contributed by atoms with van der Waals surface area (Å²) in [5.41, 5.74) is 0. The van der Waals surface area contributed by atoms with Crippen LogP contribution in [0.15, 0.2) is 24.3 Å². The third kappa shape index (κ3) is 14.6. The Hall–Kier alpha value is -2.50. The summed E-state index contributed by atoms with van der Waals surface area (Å²) in [4.78, 5) is 25.4. The van der Waals surface area contributed by atoms with Crippen LogP contribution in [-0.4, -0.2) is 277 Å². The van der Waals surface area contributed by atoms with Gasteiger partial charge in [-0.15, -0.1) is 0 Å². The summed E-state index contributed by atoms with van der Waals surface area (Å²) in [5.74, 6) is -3.29. The van der Waals surface area contributed by atoms with E-state index >= 15 is 0 Å². The minimum absolute atomic E-state index is 0.00970. The molecule has 8 fully saturated rings. The van der Waals surface area contributed by atoms with Crippen molar-refractivity contribution in [2.75, 3.05) is 19.8 Å². The summed E-state index contributed by atoms with van der Waals surface area (Å²) in [6.45, 7) is -1.94. The number of hydrogen-bond donors (Lipinski definition) is 16. The number of carbonyl (C=O) groups excluding carboxylic acids is 2. The van der Waals surface area contributed by atoms with Crippen LogP contribution in [0.3, 0.4) is 0 Å². The van der Waals surface area contributed by atoms with Crippen molar-refractivity contribution in [2.24, 2.45) is 23.7 Å². The molecule has 4 heterocycles. The van der Waals surface area contributed by atoms with Gasteiger partial charge in [0.05, 0.1) is 61.4 Å². The molecule has 0 aromatic heterocycles. The van der Waals surface area contributed by atoms with Crippen molar-refractivity contribution in [1.29, 1.82) is 0 Å².